The number of benzene rings is 4. The maximum Gasteiger partial charge on any atom is 0.245 e. The van der Waals surface area contributed by atoms with Crippen molar-refractivity contribution >= 4 is 21.8 Å². The first-order chi connectivity index (χ1) is 22.6. The van der Waals surface area contributed by atoms with E-state index in [4.69, 9.17) is 29.0 Å². The molecule has 0 amide bonds. The molecule has 46 heavy (non-hydrogen) atoms. The zero-order valence-corrected chi connectivity index (χ0v) is 26.2. The number of pyridine rings is 1. The molecule has 3 aromatic heterocycles. The van der Waals surface area contributed by atoms with Gasteiger partial charge in [0.1, 0.15) is 22.9 Å². The maximum atomic E-state index is 6.49. The van der Waals surface area contributed by atoms with Crippen LogP contribution >= 0.6 is 0 Å². The van der Waals surface area contributed by atoms with E-state index in [9.17, 15) is 0 Å². The van der Waals surface area contributed by atoms with E-state index < -0.39 is 0 Å². The molecule has 3 heterocycles. The lowest BCUT2D eigenvalue weighted by Crippen LogP contribution is -2.06. The van der Waals surface area contributed by atoms with Gasteiger partial charge in [-0.05, 0) is 59.5 Å². The average Bonchev–Trinajstić information content (AvgIpc) is 3.63. The number of methoxy groups -OCH3 is 2. The van der Waals surface area contributed by atoms with Crippen LogP contribution in [0.15, 0.2) is 115 Å². The number of fused-ring (bicyclic) bond motifs is 3. The molecule has 4 aromatic carbocycles. The van der Waals surface area contributed by atoms with Gasteiger partial charge in [0.15, 0.2) is 6.79 Å². The third kappa shape index (κ3) is 5.33. The van der Waals surface area contributed by atoms with Gasteiger partial charge in [-0.1, -0.05) is 68.4 Å². The number of hydrogen-bond acceptors (Lipinski definition) is 6. The summed E-state index contributed by atoms with van der Waals surface area (Å²) in [5.74, 6) is 3.56. The third-order valence-corrected chi connectivity index (χ3v) is 7.99. The van der Waals surface area contributed by atoms with Crippen LogP contribution in [0.25, 0.3) is 44.4 Å². The van der Waals surface area contributed by atoms with E-state index in [2.05, 4.69) is 66.9 Å². The van der Waals surface area contributed by atoms with Crippen molar-refractivity contribution < 1.29 is 18.9 Å². The van der Waals surface area contributed by atoms with E-state index >= 15 is 0 Å². The van der Waals surface area contributed by atoms with Gasteiger partial charge in [0, 0.05) is 36.2 Å². The van der Waals surface area contributed by atoms with E-state index in [1.807, 2.05) is 66.9 Å². The normalized spacial score (nSPS) is 11.4. The molecular weight excluding hydrogens is 576 g/mol. The minimum Gasteiger partial charge on any atom is -0.479 e. The molecule has 0 saturated heterocycles. The Morgan fingerprint density at radius 2 is 1.52 bits per heavy atom. The number of aromatic nitrogens is 4. The first-order valence-corrected chi connectivity index (χ1v) is 15.2. The summed E-state index contributed by atoms with van der Waals surface area (Å²) in [6.45, 7) is 4.44. The molecule has 0 bridgehead atoms. The van der Waals surface area contributed by atoms with Crippen molar-refractivity contribution in [2.75, 3.05) is 21.0 Å². The third-order valence-electron chi connectivity index (χ3n) is 7.99. The average molecular weight is 611 g/mol. The molecule has 0 aliphatic rings. The van der Waals surface area contributed by atoms with Gasteiger partial charge in [-0.2, -0.15) is 4.68 Å². The van der Waals surface area contributed by atoms with Gasteiger partial charge in [-0.3, -0.25) is 4.57 Å². The van der Waals surface area contributed by atoms with Crippen LogP contribution in [0.1, 0.15) is 25.3 Å². The summed E-state index contributed by atoms with van der Waals surface area (Å²) in [6.07, 6.45) is 1.88. The summed E-state index contributed by atoms with van der Waals surface area (Å²) in [4.78, 5) is 4.77. The van der Waals surface area contributed by atoms with Crippen molar-refractivity contribution in [1.29, 1.82) is 0 Å². The van der Waals surface area contributed by atoms with E-state index in [0.29, 0.717) is 29.2 Å². The van der Waals surface area contributed by atoms with Crippen molar-refractivity contribution in [3.05, 3.63) is 121 Å². The molecule has 0 N–H and O–H groups in total. The summed E-state index contributed by atoms with van der Waals surface area (Å²) in [6, 6.07) is 36.4. The van der Waals surface area contributed by atoms with Crippen LogP contribution in [-0.4, -0.2) is 40.3 Å². The molecule has 8 heteroatoms. The molecule has 0 saturated carbocycles. The zero-order chi connectivity index (χ0) is 31.6. The highest BCUT2D eigenvalue weighted by Crippen LogP contribution is 2.41. The quantitative estimate of drug-likeness (QED) is 0.144. The van der Waals surface area contributed by atoms with Crippen LogP contribution in [0.2, 0.25) is 0 Å². The van der Waals surface area contributed by atoms with E-state index in [-0.39, 0.29) is 6.79 Å². The lowest BCUT2D eigenvalue weighted by atomic mass is 10.1. The minimum absolute atomic E-state index is 0.0494. The number of ether oxygens (including phenoxy) is 4. The molecule has 0 spiro atoms. The number of rotatable bonds is 10. The number of nitrogens with zero attached hydrogens (tertiary/aromatic N) is 4. The Morgan fingerprint density at radius 3 is 2.33 bits per heavy atom. The second-order valence-corrected chi connectivity index (χ2v) is 11.3. The second kappa shape index (κ2) is 12.4. The minimum atomic E-state index is 0.0494. The van der Waals surface area contributed by atoms with E-state index in [1.54, 1.807) is 18.9 Å². The predicted octanol–water partition coefficient (Wildman–Crippen LogP) is 8.94. The van der Waals surface area contributed by atoms with Crippen LogP contribution in [-0.2, 0) is 4.74 Å². The lowest BCUT2D eigenvalue weighted by molar-refractivity contribution is 0.0464. The highest BCUT2D eigenvalue weighted by Gasteiger charge is 2.23. The van der Waals surface area contributed by atoms with Crippen LogP contribution in [0.5, 0.6) is 23.3 Å². The van der Waals surface area contributed by atoms with Gasteiger partial charge in [0.2, 0.25) is 11.8 Å². The van der Waals surface area contributed by atoms with Crippen molar-refractivity contribution in [1.82, 2.24) is 19.3 Å². The fraction of sp³-hybridized carbons (Fsp3) is 0.158. The standard InChI is InChI=1S/C38H34N4O4/c1-25(2)27-19-20-39-35(21-27)41-33-16-9-8-15-31(33)32-18-17-30(23-34(32)41)46-29-14-10-13-28(22-29)42-38(45-24-43-3)36(37(40-42)44-4)26-11-6-5-7-12-26/h5-23,25H,24H2,1-4H3. The molecule has 0 fully saturated rings. The van der Waals surface area contributed by atoms with Gasteiger partial charge in [0.05, 0.1) is 23.8 Å². The zero-order valence-electron chi connectivity index (χ0n) is 26.2. The highest BCUT2D eigenvalue weighted by molar-refractivity contribution is 6.09. The number of hydrogen-bond donors (Lipinski definition) is 0. The molecule has 0 radical (unpaired) electrons. The van der Waals surface area contributed by atoms with E-state index in [0.717, 1.165) is 44.4 Å². The van der Waals surface area contributed by atoms with Gasteiger partial charge >= 0.3 is 0 Å². The Balaban J connectivity index is 1.30. The Kier molecular flexibility index (Phi) is 7.86. The largest absolute Gasteiger partial charge is 0.479 e. The Hall–Kier alpha value is -5.60. The Morgan fingerprint density at radius 1 is 0.739 bits per heavy atom. The SMILES string of the molecule is COCOc1c(-c2ccccc2)c(OC)nn1-c1cccc(Oc2ccc3c4ccccc4n(-c4cc(C(C)C)ccn4)c3c2)c1. The van der Waals surface area contributed by atoms with Gasteiger partial charge < -0.3 is 18.9 Å². The smallest absolute Gasteiger partial charge is 0.245 e. The topological polar surface area (TPSA) is 72.6 Å². The first kappa shape index (κ1) is 29.1. The molecule has 0 aliphatic heterocycles. The van der Waals surface area contributed by atoms with Crippen molar-refractivity contribution in [3.8, 4) is 45.9 Å². The molecular formula is C38H34N4O4. The van der Waals surface area contributed by atoms with Crippen molar-refractivity contribution in [3.63, 3.8) is 0 Å². The van der Waals surface area contributed by atoms with Crippen molar-refractivity contribution in [2.24, 2.45) is 0 Å². The predicted molar refractivity (Wildman–Crippen MR) is 181 cm³/mol. The van der Waals surface area contributed by atoms with Crippen LogP contribution < -0.4 is 14.2 Å². The Labute approximate surface area is 267 Å². The van der Waals surface area contributed by atoms with Crippen LogP contribution in [0, 0.1) is 0 Å². The van der Waals surface area contributed by atoms with Crippen LogP contribution in [0.4, 0.5) is 0 Å². The van der Waals surface area contributed by atoms with E-state index in [1.165, 1.54) is 5.56 Å². The number of para-hydroxylation sites is 1. The molecule has 230 valence electrons. The lowest BCUT2D eigenvalue weighted by Gasteiger charge is -2.13. The van der Waals surface area contributed by atoms with Gasteiger partial charge in [-0.15, -0.1) is 5.10 Å². The molecule has 7 aromatic rings. The first-order valence-electron chi connectivity index (χ1n) is 15.2. The summed E-state index contributed by atoms with van der Waals surface area (Å²) < 4.78 is 27.4. The second-order valence-electron chi connectivity index (χ2n) is 11.3. The summed E-state index contributed by atoms with van der Waals surface area (Å²) in [5.41, 5.74) is 5.74. The van der Waals surface area contributed by atoms with Gasteiger partial charge in [0.25, 0.3) is 0 Å². The maximum absolute atomic E-state index is 6.49. The fourth-order valence-electron chi connectivity index (χ4n) is 5.79. The fourth-order valence-corrected chi connectivity index (χ4v) is 5.79. The van der Waals surface area contributed by atoms with Gasteiger partial charge in [-0.25, -0.2) is 4.98 Å². The molecule has 7 rings (SSSR count). The molecule has 0 unspecified atom stereocenters. The molecule has 0 aliphatic carbocycles. The summed E-state index contributed by atoms with van der Waals surface area (Å²) in [7, 11) is 3.19. The summed E-state index contributed by atoms with van der Waals surface area (Å²) in [5, 5.41) is 7.04. The highest BCUT2D eigenvalue weighted by atomic mass is 16.7. The summed E-state index contributed by atoms with van der Waals surface area (Å²) >= 11 is 0. The molecule has 0 atom stereocenters. The van der Waals surface area contributed by atoms with Crippen LogP contribution in [0.3, 0.4) is 0 Å². The van der Waals surface area contributed by atoms with Crippen molar-refractivity contribution in [2.45, 2.75) is 19.8 Å². The Bertz CT molecular complexity index is 2150. The molecule has 8 nitrogen and oxygen atoms in total. The monoisotopic (exact) mass is 610 g/mol.